The molecular formula is C22H19FN4O3S. The van der Waals surface area contributed by atoms with Crippen molar-refractivity contribution < 1.29 is 17.6 Å². The summed E-state index contributed by atoms with van der Waals surface area (Å²) in [6.07, 6.45) is 3.05. The fraction of sp³-hybridized carbons (Fsp3) is 0.136. The molecule has 1 amide bonds. The number of nitrogens with zero attached hydrogens (tertiary/aromatic N) is 2. The van der Waals surface area contributed by atoms with Crippen LogP contribution in [0.4, 0.5) is 10.1 Å². The third kappa shape index (κ3) is 4.04. The molecule has 0 aliphatic rings. The number of sulfone groups is 1. The zero-order chi connectivity index (χ0) is 22.2. The van der Waals surface area contributed by atoms with Crippen molar-refractivity contribution in [2.24, 2.45) is 0 Å². The highest BCUT2D eigenvalue weighted by Gasteiger charge is 2.19. The SMILES string of the molecule is CC(C)S(=O)(=O)c1ccc(-c2cnc3[nH]cc(C(=O)Nc4ccc(F)cc4)c3n2)cc1. The minimum atomic E-state index is -3.37. The molecule has 0 atom stereocenters. The topological polar surface area (TPSA) is 105 Å². The van der Waals surface area contributed by atoms with Gasteiger partial charge in [-0.2, -0.15) is 0 Å². The molecule has 9 heteroatoms. The summed E-state index contributed by atoms with van der Waals surface area (Å²) in [5.41, 5.74) is 2.71. The number of nitrogens with one attached hydrogen (secondary N) is 2. The van der Waals surface area contributed by atoms with Gasteiger partial charge in [-0.05, 0) is 50.2 Å². The van der Waals surface area contributed by atoms with Crippen LogP contribution < -0.4 is 5.32 Å². The van der Waals surface area contributed by atoms with Crippen LogP contribution in [-0.4, -0.2) is 34.5 Å². The third-order valence-electron chi connectivity index (χ3n) is 4.83. The number of carbonyl (C=O) groups is 1. The molecule has 0 radical (unpaired) electrons. The number of halogens is 1. The van der Waals surface area contributed by atoms with Gasteiger partial charge in [0.2, 0.25) is 0 Å². The van der Waals surface area contributed by atoms with Crippen LogP contribution >= 0.6 is 0 Å². The van der Waals surface area contributed by atoms with Crippen LogP contribution in [0.25, 0.3) is 22.4 Å². The maximum Gasteiger partial charge on any atom is 0.259 e. The second kappa shape index (κ2) is 7.92. The Kier molecular flexibility index (Phi) is 5.28. The number of rotatable bonds is 5. The van der Waals surface area contributed by atoms with Crippen molar-refractivity contribution in [2.45, 2.75) is 24.0 Å². The molecular weight excluding hydrogens is 419 g/mol. The van der Waals surface area contributed by atoms with Gasteiger partial charge in [-0.15, -0.1) is 0 Å². The number of benzene rings is 2. The summed E-state index contributed by atoms with van der Waals surface area (Å²) in [7, 11) is -3.37. The van der Waals surface area contributed by atoms with Gasteiger partial charge in [-0.25, -0.2) is 22.8 Å². The van der Waals surface area contributed by atoms with Crippen molar-refractivity contribution >= 4 is 32.6 Å². The van der Waals surface area contributed by atoms with Gasteiger partial charge in [0.25, 0.3) is 5.91 Å². The highest BCUT2D eigenvalue weighted by atomic mass is 32.2. The molecule has 0 spiro atoms. The van der Waals surface area contributed by atoms with E-state index in [1.54, 1.807) is 32.2 Å². The number of H-pyrrole nitrogens is 1. The van der Waals surface area contributed by atoms with E-state index in [0.29, 0.717) is 28.1 Å². The van der Waals surface area contributed by atoms with E-state index in [2.05, 4.69) is 20.3 Å². The van der Waals surface area contributed by atoms with Crippen LogP contribution in [-0.2, 0) is 9.84 Å². The Morgan fingerprint density at radius 3 is 2.39 bits per heavy atom. The Hall–Kier alpha value is -3.59. The molecule has 2 aromatic carbocycles. The predicted molar refractivity (Wildman–Crippen MR) is 116 cm³/mol. The normalized spacial score (nSPS) is 11.7. The van der Waals surface area contributed by atoms with Crippen LogP contribution in [0.2, 0.25) is 0 Å². The Morgan fingerprint density at radius 1 is 1.06 bits per heavy atom. The molecule has 31 heavy (non-hydrogen) atoms. The molecule has 0 unspecified atom stereocenters. The summed E-state index contributed by atoms with van der Waals surface area (Å²) in [6.45, 7) is 3.26. The molecule has 0 saturated carbocycles. The lowest BCUT2D eigenvalue weighted by molar-refractivity contribution is 0.102. The van der Waals surface area contributed by atoms with Gasteiger partial charge in [0, 0.05) is 17.4 Å². The minimum Gasteiger partial charge on any atom is -0.344 e. The number of aromatic nitrogens is 3. The largest absolute Gasteiger partial charge is 0.344 e. The van der Waals surface area contributed by atoms with Crippen molar-refractivity contribution in [1.82, 2.24) is 15.0 Å². The number of aromatic amines is 1. The highest BCUT2D eigenvalue weighted by molar-refractivity contribution is 7.92. The van der Waals surface area contributed by atoms with E-state index in [4.69, 9.17) is 0 Å². The summed E-state index contributed by atoms with van der Waals surface area (Å²) >= 11 is 0. The molecule has 4 aromatic rings. The maximum absolute atomic E-state index is 13.1. The summed E-state index contributed by atoms with van der Waals surface area (Å²) in [5.74, 6) is -0.810. The summed E-state index contributed by atoms with van der Waals surface area (Å²) in [6, 6.07) is 11.8. The van der Waals surface area contributed by atoms with Crippen molar-refractivity contribution in [2.75, 3.05) is 5.32 Å². The summed E-state index contributed by atoms with van der Waals surface area (Å²) in [5, 5.41) is 2.18. The molecule has 0 fully saturated rings. The van der Waals surface area contributed by atoms with Gasteiger partial charge in [0.1, 0.15) is 11.3 Å². The van der Waals surface area contributed by atoms with Crippen LogP contribution in [0.1, 0.15) is 24.2 Å². The molecule has 2 N–H and O–H groups in total. The zero-order valence-electron chi connectivity index (χ0n) is 16.8. The molecule has 0 aliphatic heterocycles. The highest BCUT2D eigenvalue weighted by Crippen LogP contribution is 2.24. The monoisotopic (exact) mass is 438 g/mol. The molecule has 2 heterocycles. The van der Waals surface area contributed by atoms with E-state index in [0.717, 1.165) is 0 Å². The Labute approximate surface area is 178 Å². The number of amides is 1. The van der Waals surface area contributed by atoms with Gasteiger partial charge < -0.3 is 10.3 Å². The first-order valence-electron chi connectivity index (χ1n) is 9.51. The lowest BCUT2D eigenvalue weighted by Gasteiger charge is -2.08. The Balaban J connectivity index is 1.65. The zero-order valence-corrected chi connectivity index (χ0v) is 17.6. The van der Waals surface area contributed by atoms with Crippen LogP contribution in [0.5, 0.6) is 0 Å². The Bertz CT molecular complexity index is 1360. The van der Waals surface area contributed by atoms with Gasteiger partial charge in [0.05, 0.1) is 27.6 Å². The maximum atomic E-state index is 13.1. The number of hydrogen-bond donors (Lipinski definition) is 2. The van der Waals surface area contributed by atoms with E-state index in [-0.39, 0.29) is 10.5 Å². The quantitative estimate of drug-likeness (QED) is 0.486. The molecule has 2 aromatic heterocycles. The minimum absolute atomic E-state index is 0.237. The number of fused-ring (bicyclic) bond motifs is 1. The third-order valence-corrected chi connectivity index (χ3v) is 7.00. The number of carbonyl (C=O) groups excluding carboxylic acids is 1. The van der Waals surface area contributed by atoms with Gasteiger partial charge in [-0.3, -0.25) is 4.79 Å². The lowest BCUT2D eigenvalue weighted by atomic mass is 10.1. The van der Waals surface area contributed by atoms with Crippen LogP contribution in [0, 0.1) is 5.82 Å². The number of anilines is 1. The van der Waals surface area contributed by atoms with Crippen LogP contribution in [0.3, 0.4) is 0 Å². The van der Waals surface area contributed by atoms with E-state index >= 15 is 0 Å². The molecule has 7 nitrogen and oxygen atoms in total. The fourth-order valence-electron chi connectivity index (χ4n) is 3.02. The van der Waals surface area contributed by atoms with E-state index < -0.39 is 26.8 Å². The molecule has 0 aliphatic carbocycles. The van der Waals surface area contributed by atoms with Crippen molar-refractivity contribution in [1.29, 1.82) is 0 Å². The fourth-order valence-corrected chi connectivity index (χ4v) is 4.08. The van der Waals surface area contributed by atoms with Gasteiger partial charge in [0.15, 0.2) is 15.5 Å². The standard InChI is InChI=1S/C22H19FN4O3S/c1-13(2)31(29,30)17-9-3-14(4-10-17)19-12-25-21-20(27-19)18(11-24-21)22(28)26-16-7-5-15(23)6-8-16/h3-13H,1-2H3,(H,24,25)(H,26,28). The first kappa shape index (κ1) is 20.7. The second-order valence-corrected chi connectivity index (χ2v) is 9.74. The molecule has 158 valence electrons. The first-order valence-corrected chi connectivity index (χ1v) is 11.1. The molecule has 0 bridgehead atoms. The molecule has 0 saturated heterocycles. The predicted octanol–water partition coefficient (Wildman–Crippen LogP) is 4.20. The first-order chi connectivity index (χ1) is 14.8. The van der Waals surface area contributed by atoms with Crippen molar-refractivity contribution in [3.05, 3.63) is 72.3 Å². The average Bonchev–Trinajstić information content (AvgIpc) is 3.19. The second-order valence-electron chi connectivity index (χ2n) is 7.23. The Morgan fingerprint density at radius 2 is 1.74 bits per heavy atom. The smallest absolute Gasteiger partial charge is 0.259 e. The van der Waals surface area contributed by atoms with E-state index in [1.165, 1.54) is 42.6 Å². The van der Waals surface area contributed by atoms with Gasteiger partial charge in [-0.1, -0.05) is 12.1 Å². The van der Waals surface area contributed by atoms with Crippen LogP contribution in [0.15, 0.2) is 65.8 Å². The number of hydrogen-bond acceptors (Lipinski definition) is 5. The van der Waals surface area contributed by atoms with Crippen molar-refractivity contribution in [3.63, 3.8) is 0 Å². The summed E-state index contributed by atoms with van der Waals surface area (Å²) < 4.78 is 37.7. The summed E-state index contributed by atoms with van der Waals surface area (Å²) in [4.78, 5) is 24.7. The van der Waals surface area contributed by atoms with Crippen molar-refractivity contribution in [3.8, 4) is 11.3 Å². The average molecular weight is 438 g/mol. The van der Waals surface area contributed by atoms with E-state index in [9.17, 15) is 17.6 Å². The van der Waals surface area contributed by atoms with E-state index in [1.807, 2.05) is 0 Å². The lowest BCUT2D eigenvalue weighted by Crippen LogP contribution is -2.13. The molecule has 4 rings (SSSR count). The van der Waals surface area contributed by atoms with Gasteiger partial charge >= 0.3 is 0 Å².